The first kappa shape index (κ1) is 11.9. The number of hydrogen-bond donors (Lipinski definition) is 1. The van der Waals surface area contributed by atoms with Gasteiger partial charge in [0.15, 0.2) is 0 Å². The van der Waals surface area contributed by atoms with Gasteiger partial charge in [-0.2, -0.15) is 0 Å². The third-order valence-corrected chi connectivity index (χ3v) is 4.24. The topological polar surface area (TPSA) is 32.3 Å². The van der Waals surface area contributed by atoms with E-state index < -0.39 is 0 Å². The van der Waals surface area contributed by atoms with Gasteiger partial charge in [0, 0.05) is 20.1 Å². The predicted molar refractivity (Wildman–Crippen MR) is 65.1 cm³/mol. The Balaban J connectivity index is 1.89. The molecule has 3 heteroatoms. The zero-order valence-corrected chi connectivity index (χ0v) is 10.8. The van der Waals surface area contributed by atoms with Crippen molar-refractivity contribution in [1.29, 1.82) is 0 Å². The van der Waals surface area contributed by atoms with Crippen molar-refractivity contribution in [1.82, 2.24) is 10.2 Å². The van der Waals surface area contributed by atoms with Crippen LogP contribution >= 0.6 is 0 Å². The van der Waals surface area contributed by atoms with E-state index in [1.165, 1.54) is 6.42 Å². The number of rotatable bonds is 3. The molecule has 1 heterocycles. The van der Waals surface area contributed by atoms with E-state index in [-0.39, 0.29) is 5.41 Å². The molecule has 2 fully saturated rings. The van der Waals surface area contributed by atoms with Crippen LogP contribution in [-0.2, 0) is 4.79 Å². The van der Waals surface area contributed by atoms with Gasteiger partial charge in [-0.25, -0.2) is 0 Å². The van der Waals surface area contributed by atoms with Crippen molar-refractivity contribution in [2.75, 3.05) is 26.7 Å². The van der Waals surface area contributed by atoms with Crippen molar-refractivity contribution < 1.29 is 4.79 Å². The molecule has 2 rings (SSSR count). The fraction of sp³-hybridized carbons (Fsp3) is 0.923. The average molecular weight is 224 g/mol. The highest BCUT2D eigenvalue weighted by Gasteiger charge is 2.40. The number of piperidine rings is 1. The summed E-state index contributed by atoms with van der Waals surface area (Å²) in [5.74, 6) is 1.92. The Hall–Kier alpha value is -0.570. The molecular weight excluding hydrogens is 200 g/mol. The molecule has 0 aromatic heterocycles. The van der Waals surface area contributed by atoms with Crippen molar-refractivity contribution in [3.8, 4) is 0 Å². The molecule has 1 saturated carbocycles. The molecule has 0 bridgehead atoms. The Morgan fingerprint density at radius 1 is 1.56 bits per heavy atom. The van der Waals surface area contributed by atoms with E-state index in [1.807, 2.05) is 11.9 Å². The highest BCUT2D eigenvalue weighted by Crippen LogP contribution is 2.38. The van der Waals surface area contributed by atoms with Gasteiger partial charge in [-0.15, -0.1) is 0 Å². The Morgan fingerprint density at radius 2 is 2.25 bits per heavy atom. The summed E-state index contributed by atoms with van der Waals surface area (Å²) < 4.78 is 0. The van der Waals surface area contributed by atoms with E-state index in [0.29, 0.717) is 5.91 Å². The molecule has 1 aliphatic heterocycles. The maximum Gasteiger partial charge on any atom is 0.229 e. The fourth-order valence-electron chi connectivity index (χ4n) is 2.79. The SMILES string of the molecule is CC1CC1CN(C)C(=O)C1(C)CCCNC1. The molecule has 2 aliphatic rings. The summed E-state index contributed by atoms with van der Waals surface area (Å²) in [6, 6.07) is 0. The molecule has 1 amide bonds. The molecule has 1 aliphatic carbocycles. The highest BCUT2D eigenvalue weighted by atomic mass is 16.2. The van der Waals surface area contributed by atoms with Gasteiger partial charge in [-0.05, 0) is 44.6 Å². The van der Waals surface area contributed by atoms with Crippen LogP contribution in [0.25, 0.3) is 0 Å². The number of hydrogen-bond acceptors (Lipinski definition) is 2. The maximum absolute atomic E-state index is 12.4. The van der Waals surface area contributed by atoms with E-state index in [0.717, 1.165) is 44.3 Å². The Labute approximate surface area is 98.6 Å². The van der Waals surface area contributed by atoms with E-state index in [1.54, 1.807) is 0 Å². The van der Waals surface area contributed by atoms with Crippen LogP contribution in [0.3, 0.4) is 0 Å². The van der Waals surface area contributed by atoms with Crippen LogP contribution in [-0.4, -0.2) is 37.5 Å². The van der Waals surface area contributed by atoms with Gasteiger partial charge in [-0.1, -0.05) is 6.92 Å². The molecule has 1 saturated heterocycles. The Morgan fingerprint density at radius 3 is 2.75 bits per heavy atom. The van der Waals surface area contributed by atoms with Gasteiger partial charge in [0.2, 0.25) is 5.91 Å². The van der Waals surface area contributed by atoms with E-state index in [4.69, 9.17) is 0 Å². The second kappa shape index (κ2) is 4.36. The lowest BCUT2D eigenvalue weighted by Gasteiger charge is -2.36. The van der Waals surface area contributed by atoms with E-state index >= 15 is 0 Å². The minimum absolute atomic E-state index is 0.162. The maximum atomic E-state index is 12.4. The van der Waals surface area contributed by atoms with Gasteiger partial charge >= 0.3 is 0 Å². The van der Waals surface area contributed by atoms with Crippen molar-refractivity contribution in [3.63, 3.8) is 0 Å². The second-order valence-electron chi connectivity index (χ2n) is 6.00. The zero-order chi connectivity index (χ0) is 11.8. The monoisotopic (exact) mass is 224 g/mol. The van der Waals surface area contributed by atoms with Crippen molar-refractivity contribution in [2.45, 2.75) is 33.1 Å². The third kappa shape index (κ3) is 2.40. The fourth-order valence-corrected chi connectivity index (χ4v) is 2.79. The van der Waals surface area contributed by atoms with Crippen LogP contribution in [0.15, 0.2) is 0 Å². The summed E-state index contributed by atoms with van der Waals surface area (Å²) in [6.07, 6.45) is 3.45. The van der Waals surface area contributed by atoms with Crippen molar-refractivity contribution in [3.05, 3.63) is 0 Å². The highest BCUT2D eigenvalue weighted by molar-refractivity contribution is 5.82. The van der Waals surface area contributed by atoms with Crippen LogP contribution in [0.5, 0.6) is 0 Å². The average Bonchev–Trinajstić information content (AvgIpc) is 2.94. The molecule has 0 aromatic carbocycles. The van der Waals surface area contributed by atoms with Gasteiger partial charge in [0.05, 0.1) is 5.41 Å². The summed E-state index contributed by atoms with van der Waals surface area (Å²) >= 11 is 0. The first-order valence-corrected chi connectivity index (χ1v) is 6.49. The molecule has 1 N–H and O–H groups in total. The van der Waals surface area contributed by atoms with Gasteiger partial charge < -0.3 is 10.2 Å². The molecular formula is C13H24N2O. The van der Waals surface area contributed by atoms with E-state index in [2.05, 4.69) is 19.2 Å². The lowest BCUT2D eigenvalue weighted by atomic mass is 9.81. The van der Waals surface area contributed by atoms with Crippen LogP contribution in [0.1, 0.15) is 33.1 Å². The molecule has 3 nitrogen and oxygen atoms in total. The summed E-state index contributed by atoms with van der Waals surface area (Å²) in [7, 11) is 1.97. The number of amides is 1. The first-order valence-electron chi connectivity index (χ1n) is 6.49. The lowest BCUT2D eigenvalue weighted by Crippen LogP contribution is -2.49. The number of carbonyl (C=O) groups excluding carboxylic acids is 1. The molecule has 0 spiro atoms. The Kier molecular flexibility index (Phi) is 3.24. The minimum Gasteiger partial charge on any atom is -0.345 e. The third-order valence-electron chi connectivity index (χ3n) is 4.24. The largest absolute Gasteiger partial charge is 0.345 e. The summed E-state index contributed by atoms with van der Waals surface area (Å²) in [4.78, 5) is 14.3. The van der Waals surface area contributed by atoms with Crippen LogP contribution in [0.4, 0.5) is 0 Å². The predicted octanol–water partition coefficient (Wildman–Crippen LogP) is 1.49. The number of carbonyl (C=O) groups is 1. The van der Waals surface area contributed by atoms with Crippen molar-refractivity contribution in [2.24, 2.45) is 17.3 Å². The molecule has 3 unspecified atom stereocenters. The quantitative estimate of drug-likeness (QED) is 0.788. The van der Waals surface area contributed by atoms with Crippen molar-refractivity contribution >= 4 is 5.91 Å². The van der Waals surface area contributed by atoms with Gasteiger partial charge in [0.25, 0.3) is 0 Å². The molecule has 0 radical (unpaired) electrons. The second-order valence-corrected chi connectivity index (χ2v) is 6.00. The van der Waals surface area contributed by atoms with Gasteiger partial charge in [-0.3, -0.25) is 4.79 Å². The summed E-state index contributed by atoms with van der Waals surface area (Å²) in [5.41, 5.74) is -0.162. The molecule has 16 heavy (non-hydrogen) atoms. The minimum atomic E-state index is -0.162. The Bertz CT molecular complexity index is 271. The van der Waals surface area contributed by atoms with Crippen LogP contribution in [0.2, 0.25) is 0 Å². The smallest absolute Gasteiger partial charge is 0.229 e. The summed E-state index contributed by atoms with van der Waals surface area (Å²) in [5, 5.41) is 3.34. The van der Waals surface area contributed by atoms with Crippen LogP contribution in [0, 0.1) is 17.3 Å². The normalized spacial score (nSPS) is 38.2. The number of nitrogens with one attached hydrogen (secondary N) is 1. The van der Waals surface area contributed by atoms with E-state index in [9.17, 15) is 4.79 Å². The summed E-state index contributed by atoms with van der Waals surface area (Å²) in [6.45, 7) is 7.24. The first-order chi connectivity index (χ1) is 7.53. The lowest BCUT2D eigenvalue weighted by molar-refractivity contribution is -0.141. The van der Waals surface area contributed by atoms with Crippen LogP contribution < -0.4 is 5.32 Å². The molecule has 3 atom stereocenters. The zero-order valence-electron chi connectivity index (χ0n) is 10.8. The van der Waals surface area contributed by atoms with Gasteiger partial charge in [0.1, 0.15) is 0 Å². The molecule has 0 aromatic rings. The molecule has 92 valence electrons. The standard InChI is InChI=1S/C13H24N2O/c1-10-7-11(10)8-15(3)12(16)13(2)5-4-6-14-9-13/h10-11,14H,4-9H2,1-3H3. The number of nitrogens with zero attached hydrogens (tertiary/aromatic N) is 1.